The lowest BCUT2D eigenvalue weighted by Gasteiger charge is -2.22. The number of hydrogen-bond acceptors (Lipinski definition) is 3. The minimum absolute atomic E-state index is 0.216. The van der Waals surface area contributed by atoms with Gasteiger partial charge in [-0.2, -0.15) is 0 Å². The molecule has 2 amide bonds. The average Bonchev–Trinajstić information content (AvgIpc) is 2.48. The maximum Gasteiger partial charge on any atom is 0.321 e. The molecule has 1 aromatic heterocycles. The lowest BCUT2D eigenvalue weighted by atomic mass is 9.96. The molecule has 1 heterocycles. The van der Waals surface area contributed by atoms with Crippen LogP contribution >= 0.6 is 0 Å². The molecular weight excluding hydrogens is 252 g/mol. The molecular formula is C15H18N4O. The summed E-state index contributed by atoms with van der Waals surface area (Å²) in [7, 11) is 0. The van der Waals surface area contributed by atoms with E-state index in [0.29, 0.717) is 5.95 Å². The minimum Gasteiger partial charge on any atom is -0.335 e. The lowest BCUT2D eigenvalue weighted by molar-refractivity contribution is 0.244. The van der Waals surface area contributed by atoms with Crippen molar-refractivity contribution in [2.24, 2.45) is 0 Å². The number of benzene rings is 1. The maximum atomic E-state index is 11.9. The average molecular weight is 270 g/mol. The number of carbonyl (C=O) groups is 1. The highest BCUT2D eigenvalue weighted by Crippen LogP contribution is 2.17. The second-order valence-corrected chi connectivity index (χ2v) is 5.19. The number of urea groups is 1. The van der Waals surface area contributed by atoms with E-state index in [1.165, 1.54) is 19.3 Å². The van der Waals surface area contributed by atoms with E-state index in [0.717, 1.165) is 23.7 Å². The third-order valence-electron chi connectivity index (χ3n) is 3.65. The first kappa shape index (κ1) is 12.8. The van der Waals surface area contributed by atoms with Crippen LogP contribution in [-0.2, 0) is 0 Å². The standard InChI is InChI=1S/C15H18N4O/c20-15(17-12-7-2-1-3-8-12)19-14-16-10-11-6-4-5-9-13(11)18-14/h4-6,9-10,12H,1-3,7-8H2,(H2,16,17,18,19,20). The molecule has 1 fully saturated rings. The van der Waals surface area contributed by atoms with Crippen LogP contribution in [0.25, 0.3) is 10.9 Å². The van der Waals surface area contributed by atoms with Gasteiger partial charge in [0, 0.05) is 17.6 Å². The van der Waals surface area contributed by atoms with Crippen LogP contribution < -0.4 is 10.6 Å². The molecule has 3 rings (SSSR count). The van der Waals surface area contributed by atoms with E-state index >= 15 is 0 Å². The Bertz CT molecular complexity index is 608. The Morgan fingerprint density at radius 3 is 2.80 bits per heavy atom. The molecule has 2 aromatic rings. The second-order valence-electron chi connectivity index (χ2n) is 5.19. The first-order valence-electron chi connectivity index (χ1n) is 7.10. The molecule has 0 saturated heterocycles. The number of para-hydroxylation sites is 1. The number of aromatic nitrogens is 2. The smallest absolute Gasteiger partial charge is 0.321 e. The van der Waals surface area contributed by atoms with Crippen molar-refractivity contribution in [3.8, 4) is 0 Å². The highest BCUT2D eigenvalue weighted by Gasteiger charge is 2.16. The minimum atomic E-state index is -0.216. The van der Waals surface area contributed by atoms with Crippen LogP contribution in [-0.4, -0.2) is 22.0 Å². The largest absolute Gasteiger partial charge is 0.335 e. The van der Waals surface area contributed by atoms with E-state index in [1.54, 1.807) is 6.20 Å². The Kier molecular flexibility index (Phi) is 3.76. The highest BCUT2D eigenvalue weighted by atomic mass is 16.2. The topological polar surface area (TPSA) is 66.9 Å². The number of nitrogens with zero attached hydrogens (tertiary/aromatic N) is 2. The van der Waals surface area contributed by atoms with Crippen molar-refractivity contribution < 1.29 is 4.79 Å². The van der Waals surface area contributed by atoms with Crippen LogP contribution in [0.1, 0.15) is 32.1 Å². The van der Waals surface area contributed by atoms with Gasteiger partial charge in [-0.1, -0.05) is 37.5 Å². The summed E-state index contributed by atoms with van der Waals surface area (Å²) in [4.78, 5) is 20.4. The van der Waals surface area contributed by atoms with Crippen LogP contribution in [0.15, 0.2) is 30.5 Å². The van der Waals surface area contributed by atoms with E-state index in [9.17, 15) is 4.79 Å². The zero-order chi connectivity index (χ0) is 13.8. The molecule has 0 bridgehead atoms. The van der Waals surface area contributed by atoms with Crippen molar-refractivity contribution in [1.29, 1.82) is 0 Å². The monoisotopic (exact) mass is 270 g/mol. The Morgan fingerprint density at radius 1 is 1.15 bits per heavy atom. The van der Waals surface area contributed by atoms with Crippen LogP contribution in [0.4, 0.5) is 10.7 Å². The van der Waals surface area contributed by atoms with Gasteiger partial charge in [-0.3, -0.25) is 5.32 Å². The van der Waals surface area contributed by atoms with Crippen LogP contribution in [0, 0.1) is 0 Å². The Balaban J connectivity index is 1.64. The van der Waals surface area contributed by atoms with Crippen LogP contribution in [0.2, 0.25) is 0 Å². The van der Waals surface area contributed by atoms with Crippen LogP contribution in [0.5, 0.6) is 0 Å². The summed E-state index contributed by atoms with van der Waals surface area (Å²) in [6.07, 6.45) is 7.50. The van der Waals surface area contributed by atoms with E-state index in [4.69, 9.17) is 0 Å². The van der Waals surface area contributed by atoms with E-state index in [-0.39, 0.29) is 12.1 Å². The van der Waals surface area contributed by atoms with Gasteiger partial charge in [0.05, 0.1) is 5.52 Å². The molecule has 20 heavy (non-hydrogen) atoms. The summed E-state index contributed by atoms with van der Waals surface area (Å²) in [5.41, 5.74) is 0.829. The Morgan fingerprint density at radius 2 is 1.95 bits per heavy atom. The molecule has 0 aliphatic heterocycles. The molecule has 5 heteroatoms. The number of fused-ring (bicyclic) bond motifs is 1. The van der Waals surface area contributed by atoms with Gasteiger partial charge < -0.3 is 5.32 Å². The lowest BCUT2D eigenvalue weighted by Crippen LogP contribution is -2.39. The highest BCUT2D eigenvalue weighted by molar-refractivity contribution is 5.89. The van der Waals surface area contributed by atoms with Crippen LogP contribution in [0.3, 0.4) is 0 Å². The molecule has 0 unspecified atom stereocenters. The number of amides is 2. The fourth-order valence-corrected chi connectivity index (χ4v) is 2.60. The van der Waals surface area contributed by atoms with E-state index in [2.05, 4.69) is 20.6 Å². The molecule has 104 valence electrons. The van der Waals surface area contributed by atoms with E-state index in [1.807, 2.05) is 24.3 Å². The first-order valence-corrected chi connectivity index (χ1v) is 7.10. The fraction of sp³-hybridized carbons (Fsp3) is 0.400. The van der Waals surface area contributed by atoms with Gasteiger partial charge in [0.15, 0.2) is 0 Å². The summed E-state index contributed by atoms with van der Waals surface area (Å²) in [5.74, 6) is 0.344. The number of rotatable bonds is 2. The number of anilines is 1. The normalized spacial score (nSPS) is 16.0. The fourth-order valence-electron chi connectivity index (χ4n) is 2.60. The van der Waals surface area contributed by atoms with Crippen molar-refractivity contribution in [2.45, 2.75) is 38.1 Å². The summed E-state index contributed by atoms with van der Waals surface area (Å²) < 4.78 is 0. The van der Waals surface area contributed by atoms with Crippen molar-refractivity contribution >= 4 is 22.9 Å². The Hall–Kier alpha value is -2.17. The molecule has 1 aliphatic carbocycles. The van der Waals surface area contributed by atoms with Gasteiger partial charge in [0.25, 0.3) is 0 Å². The third-order valence-corrected chi connectivity index (χ3v) is 3.65. The molecule has 1 aromatic carbocycles. The number of nitrogens with one attached hydrogen (secondary N) is 2. The molecule has 0 atom stereocenters. The predicted molar refractivity (Wildman–Crippen MR) is 78.6 cm³/mol. The van der Waals surface area contributed by atoms with Crippen molar-refractivity contribution in [3.05, 3.63) is 30.5 Å². The molecule has 1 saturated carbocycles. The van der Waals surface area contributed by atoms with Gasteiger partial charge >= 0.3 is 6.03 Å². The summed E-state index contributed by atoms with van der Waals surface area (Å²) in [5, 5.41) is 6.66. The zero-order valence-corrected chi connectivity index (χ0v) is 11.3. The van der Waals surface area contributed by atoms with Gasteiger partial charge in [0.1, 0.15) is 0 Å². The van der Waals surface area contributed by atoms with Gasteiger partial charge in [-0.25, -0.2) is 14.8 Å². The molecule has 5 nitrogen and oxygen atoms in total. The Labute approximate surface area is 117 Å². The summed E-state index contributed by atoms with van der Waals surface area (Å²) in [6.45, 7) is 0. The predicted octanol–water partition coefficient (Wildman–Crippen LogP) is 3.08. The zero-order valence-electron chi connectivity index (χ0n) is 11.3. The molecule has 1 aliphatic rings. The van der Waals surface area contributed by atoms with Gasteiger partial charge in [0.2, 0.25) is 5.95 Å². The maximum absolute atomic E-state index is 11.9. The number of hydrogen-bond donors (Lipinski definition) is 2. The SMILES string of the molecule is O=C(Nc1ncc2ccccc2n1)NC1CCCCC1. The van der Waals surface area contributed by atoms with E-state index < -0.39 is 0 Å². The van der Waals surface area contributed by atoms with Gasteiger partial charge in [-0.15, -0.1) is 0 Å². The summed E-state index contributed by atoms with van der Waals surface area (Å²) >= 11 is 0. The molecule has 2 N–H and O–H groups in total. The molecule has 0 spiro atoms. The van der Waals surface area contributed by atoms with Gasteiger partial charge in [-0.05, 0) is 18.9 Å². The molecule has 0 radical (unpaired) electrons. The van der Waals surface area contributed by atoms with Crippen molar-refractivity contribution in [3.63, 3.8) is 0 Å². The third kappa shape index (κ3) is 3.04. The second kappa shape index (κ2) is 5.86. The quantitative estimate of drug-likeness (QED) is 0.881. The summed E-state index contributed by atoms with van der Waals surface area (Å²) in [6, 6.07) is 7.77. The van der Waals surface area contributed by atoms with Crippen molar-refractivity contribution in [2.75, 3.05) is 5.32 Å². The van der Waals surface area contributed by atoms with Crippen molar-refractivity contribution in [1.82, 2.24) is 15.3 Å². The first-order chi connectivity index (χ1) is 9.81. The number of carbonyl (C=O) groups excluding carboxylic acids is 1.